The highest BCUT2D eigenvalue weighted by molar-refractivity contribution is 5.85. The Morgan fingerprint density at radius 1 is 1.32 bits per heavy atom. The Morgan fingerprint density at radius 3 is 2.21 bits per heavy atom. The topological polar surface area (TPSA) is 52.3 Å². The van der Waals surface area contributed by atoms with Crippen molar-refractivity contribution in [2.45, 2.75) is 19.1 Å². The van der Waals surface area contributed by atoms with Crippen molar-refractivity contribution in [3.8, 4) is 0 Å². The number of halogens is 5. The number of esters is 1. The maximum Gasteiger partial charge on any atom is 0.342 e. The van der Waals surface area contributed by atoms with Crippen LogP contribution in [0.2, 0.25) is 0 Å². The van der Waals surface area contributed by atoms with Crippen molar-refractivity contribution >= 4 is 18.4 Å². The van der Waals surface area contributed by atoms with Gasteiger partial charge in [0, 0.05) is 0 Å². The molecule has 2 N–H and O–H groups in total. The third-order valence-corrected chi connectivity index (χ3v) is 2.22. The van der Waals surface area contributed by atoms with Crippen LogP contribution >= 0.6 is 12.4 Å². The molecule has 0 aromatic heterocycles. The zero-order valence-electron chi connectivity index (χ0n) is 9.83. The van der Waals surface area contributed by atoms with Crippen LogP contribution in [0, 0.1) is 17.5 Å². The molecule has 0 fully saturated rings. The molecule has 0 spiro atoms. The highest BCUT2D eigenvalue weighted by Crippen LogP contribution is 2.22. The van der Waals surface area contributed by atoms with Crippen LogP contribution < -0.4 is 5.73 Å². The van der Waals surface area contributed by atoms with Crippen LogP contribution in [-0.2, 0) is 9.53 Å². The zero-order valence-corrected chi connectivity index (χ0v) is 10.6. The van der Waals surface area contributed by atoms with Gasteiger partial charge in [-0.1, -0.05) is 0 Å². The molecule has 19 heavy (non-hydrogen) atoms. The Bertz CT molecular complexity index is 435. The van der Waals surface area contributed by atoms with Gasteiger partial charge in [-0.2, -0.15) is 0 Å². The molecule has 2 atom stereocenters. The summed E-state index contributed by atoms with van der Waals surface area (Å²) in [7, 11) is 0. The first kappa shape index (κ1) is 17.7. The zero-order chi connectivity index (χ0) is 13.9. The molecule has 108 valence electrons. The number of carbonyl (C=O) groups excluding carboxylic acids is 1. The predicted octanol–water partition coefficient (Wildman–Crippen LogP) is 2.43. The van der Waals surface area contributed by atoms with Gasteiger partial charge >= 0.3 is 5.97 Å². The van der Waals surface area contributed by atoms with Gasteiger partial charge in [0.1, 0.15) is 0 Å². The molecule has 0 radical (unpaired) electrons. The standard InChI is InChI=1S/C11H11F4NO2.ClH/c1-2-18-11(17)9(15)10(16)5-3-6(12)8(14)7(13)4-5;/h3-4,9-10H,2,16H2,1H3;1H/t9?,10-;/m1./s1. The first-order valence-electron chi connectivity index (χ1n) is 5.09. The lowest BCUT2D eigenvalue weighted by Gasteiger charge is -2.16. The summed E-state index contributed by atoms with van der Waals surface area (Å²) in [6.07, 6.45) is -2.28. The third-order valence-electron chi connectivity index (χ3n) is 2.22. The summed E-state index contributed by atoms with van der Waals surface area (Å²) in [6, 6.07) is -0.558. The number of ether oxygens (including phenoxy) is 1. The normalized spacial score (nSPS) is 13.4. The van der Waals surface area contributed by atoms with E-state index in [1.54, 1.807) is 0 Å². The number of hydrogen-bond donors (Lipinski definition) is 1. The monoisotopic (exact) mass is 301 g/mol. The largest absolute Gasteiger partial charge is 0.464 e. The van der Waals surface area contributed by atoms with Crippen LogP contribution in [-0.4, -0.2) is 18.7 Å². The number of carbonyl (C=O) groups is 1. The van der Waals surface area contributed by atoms with Crippen LogP contribution in [0.1, 0.15) is 18.5 Å². The molecule has 1 unspecified atom stereocenters. The first-order valence-corrected chi connectivity index (χ1v) is 5.09. The molecular weight excluding hydrogens is 290 g/mol. The number of alkyl halides is 1. The summed E-state index contributed by atoms with van der Waals surface area (Å²) in [4.78, 5) is 11.1. The van der Waals surface area contributed by atoms with Crippen molar-refractivity contribution in [1.82, 2.24) is 0 Å². The van der Waals surface area contributed by atoms with Crippen molar-refractivity contribution in [3.05, 3.63) is 35.1 Å². The summed E-state index contributed by atoms with van der Waals surface area (Å²) in [5.41, 5.74) is 4.96. The smallest absolute Gasteiger partial charge is 0.342 e. The predicted molar refractivity (Wildman–Crippen MR) is 62.0 cm³/mol. The Balaban J connectivity index is 0.00000324. The molecule has 3 nitrogen and oxygen atoms in total. The molecule has 0 bridgehead atoms. The third kappa shape index (κ3) is 4.07. The van der Waals surface area contributed by atoms with Gasteiger partial charge < -0.3 is 10.5 Å². The van der Waals surface area contributed by atoms with E-state index in [2.05, 4.69) is 4.74 Å². The van der Waals surface area contributed by atoms with Gasteiger partial charge in [0.15, 0.2) is 17.5 Å². The Hall–Kier alpha value is -1.34. The van der Waals surface area contributed by atoms with Crippen molar-refractivity contribution in [2.24, 2.45) is 5.73 Å². The lowest BCUT2D eigenvalue weighted by molar-refractivity contribution is -0.149. The maximum atomic E-state index is 13.5. The lowest BCUT2D eigenvalue weighted by atomic mass is 10.0. The van der Waals surface area contributed by atoms with Crippen LogP contribution in [0.25, 0.3) is 0 Å². The van der Waals surface area contributed by atoms with Gasteiger partial charge in [-0.25, -0.2) is 22.4 Å². The van der Waals surface area contributed by atoms with Gasteiger partial charge in [0.05, 0.1) is 12.6 Å². The van der Waals surface area contributed by atoms with E-state index < -0.39 is 35.6 Å². The van der Waals surface area contributed by atoms with E-state index >= 15 is 0 Å². The van der Waals surface area contributed by atoms with E-state index in [1.165, 1.54) is 6.92 Å². The minimum Gasteiger partial charge on any atom is -0.464 e. The fourth-order valence-electron chi connectivity index (χ4n) is 1.31. The summed E-state index contributed by atoms with van der Waals surface area (Å²) in [5, 5.41) is 0. The van der Waals surface area contributed by atoms with Crippen molar-refractivity contribution < 1.29 is 27.1 Å². The number of rotatable bonds is 4. The highest BCUT2D eigenvalue weighted by Gasteiger charge is 2.29. The molecule has 8 heteroatoms. The molecule has 0 aliphatic heterocycles. The van der Waals surface area contributed by atoms with Gasteiger partial charge in [-0.15, -0.1) is 12.4 Å². The Kier molecular flexibility index (Phi) is 6.78. The minimum absolute atomic E-state index is 0. The second-order valence-electron chi connectivity index (χ2n) is 3.48. The van der Waals surface area contributed by atoms with Gasteiger partial charge in [-0.05, 0) is 24.6 Å². The quantitative estimate of drug-likeness (QED) is 0.528. The lowest BCUT2D eigenvalue weighted by Crippen LogP contribution is -2.31. The average molecular weight is 302 g/mol. The second kappa shape index (κ2) is 7.30. The number of hydrogen-bond acceptors (Lipinski definition) is 3. The van der Waals surface area contributed by atoms with Crippen LogP contribution in [0.4, 0.5) is 17.6 Å². The molecule has 0 amide bonds. The fourth-order valence-corrected chi connectivity index (χ4v) is 1.31. The van der Waals surface area contributed by atoms with Crippen molar-refractivity contribution in [1.29, 1.82) is 0 Å². The summed E-state index contributed by atoms with van der Waals surface area (Å²) >= 11 is 0. The van der Waals surface area contributed by atoms with E-state index in [0.29, 0.717) is 12.1 Å². The second-order valence-corrected chi connectivity index (χ2v) is 3.48. The van der Waals surface area contributed by atoms with E-state index in [4.69, 9.17) is 5.73 Å². The van der Waals surface area contributed by atoms with Gasteiger partial charge in [0.2, 0.25) is 6.17 Å². The van der Waals surface area contributed by atoms with E-state index in [0.717, 1.165) is 0 Å². The summed E-state index contributed by atoms with van der Waals surface area (Å²) in [6.45, 7) is 1.41. The molecule has 1 aromatic carbocycles. The first-order chi connectivity index (χ1) is 8.38. The molecule has 0 aliphatic rings. The molecule has 0 saturated heterocycles. The maximum absolute atomic E-state index is 13.5. The van der Waals surface area contributed by atoms with Crippen LogP contribution in [0.5, 0.6) is 0 Å². The Morgan fingerprint density at radius 2 is 1.79 bits per heavy atom. The number of benzene rings is 1. The molecular formula is C11H12ClF4NO2. The SMILES string of the molecule is CCOC(=O)C(F)[C@H](N)c1cc(F)c(F)c(F)c1.Cl. The van der Waals surface area contributed by atoms with Crippen molar-refractivity contribution in [3.63, 3.8) is 0 Å². The molecule has 1 aromatic rings. The van der Waals surface area contributed by atoms with E-state index in [1.807, 2.05) is 0 Å². The van der Waals surface area contributed by atoms with Crippen molar-refractivity contribution in [2.75, 3.05) is 6.61 Å². The molecule has 0 saturated carbocycles. The number of nitrogens with two attached hydrogens (primary N) is 1. The average Bonchev–Trinajstić information content (AvgIpc) is 2.33. The van der Waals surface area contributed by atoms with Gasteiger partial charge in [0.25, 0.3) is 0 Å². The molecule has 1 rings (SSSR count). The van der Waals surface area contributed by atoms with Crippen LogP contribution in [0.3, 0.4) is 0 Å². The highest BCUT2D eigenvalue weighted by atomic mass is 35.5. The van der Waals surface area contributed by atoms with Crippen LogP contribution in [0.15, 0.2) is 12.1 Å². The fraction of sp³-hybridized carbons (Fsp3) is 0.364. The Labute approximate surface area is 113 Å². The molecule has 0 aliphatic carbocycles. The minimum atomic E-state index is -2.28. The van der Waals surface area contributed by atoms with E-state index in [9.17, 15) is 22.4 Å². The molecule has 0 heterocycles. The van der Waals surface area contributed by atoms with E-state index in [-0.39, 0.29) is 24.6 Å². The van der Waals surface area contributed by atoms with Gasteiger partial charge in [-0.3, -0.25) is 0 Å². The summed E-state index contributed by atoms with van der Waals surface area (Å²) in [5.74, 6) is -5.93. The summed E-state index contributed by atoms with van der Waals surface area (Å²) < 4.78 is 56.3.